The average Bonchev–Trinajstić information content (AvgIpc) is 2.91. The fourth-order valence-electron chi connectivity index (χ4n) is 3.85. The lowest BCUT2D eigenvalue weighted by Crippen LogP contribution is -2.53. The van der Waals surface area contributed by atoms with Crippen LogP contribution in [0.1, 0.15) is 43.9 Å². The number of ether oxygens (including phenoxy) is 1. The molecule has 0 heterocycles. The number of carbonyl (C=O) groups is 2. The number of nitrogens with one attached hydrogen (secondary N) is 1. The van der Waals surface area contributed by atoms with Gasteiger partial charge in [0.1, 0.15) is 11.8 Å². The number of halogens is 1. The van der Waals surface area contributed by atoms with Gasteiger partial charge in [0.05, 0.1) is 0 Å². The highest BCUT2D eigenvalue weighted by molar-refractivity contribution is 6.31. The lowest BCUT2D eigenvalue weighted by molar-refractivity contribution is -0.143. The molecule has 1 N–H and O–H groups in total. The van der Waals surface area contributed by atoms with E-state index >= 15 is 0 Å². The van der Waals surface area contributed by atoms with Crippen molar-refractivity contribution in [2.45, 2.75) is 58.7 Å². The van der Waals surface area contributed by atoms with Gasteiger partial charge in [-0.2, -0.15) is 0 Å². The van der Waals surface area contributed by atoms with Crippen molar-refractivity contribution >= 4 is 23.4 Å². The van der Waals surface area contributed by atoms with E-state index in [-0.39, 0.29) is 31.0 Å². The van der Waals surface area contributed by atoms with Crippen LogP contribution in [0.5, 0.6) is 5.75 Å². The Morgan fingerprint density at radius 2 is 1.58 bits per heavy atom. The fourth-order valence-corrected chi connectivity index (χ4v) is 4.05. The Hall–Kier alpha value is -3.31. The second-order valence-electron chi connectivity index (χ2n) is 8.92. The first-order valence-corrected chi connectivity index (χ1v) is 12.9. The van der Waals surface area contributed by atoms with Crippen molar-refractivity contribution in [3.05, 3.63) is 101 Å². The smallest absolute Gasteiger partial charge is 0.261 e. The van der Waals surface area contributed by atoms with Gasteiger partial charge in [0.15, 0.2) is 6.61 Å². The molecule has 0 saturated heterocycles. The molecule has 0 radical (unpaired) electrons. The number of hydrogen-bond acceptors (Lipinski definition) is 3. The summed E-state index contributed by atoms with van der Waals surface area (Å²) in [7, 11) is 0. The summed E-state index contributed by atoms with van der Waals surface area (Å²) in [6.45, 7) is 6.07. The Labute approximate surface area is 219 Å². The van der Waals surface area contributed by atoms with Crippen LogP contribution in [0.15, 0.2) is 78.9 Å². The minimum atomic E-state index is -0.726. The highest BCUT2D eigenvalue weighted by atomic mass is 35.5. The molecule has 0 unspecified atom stereocenters. The van der Waals surface area contributed by atoms with Gasteiger partial charge < -0.3 is 15.0 Å². The standard InChI is InChI=1S/C30H35ClN2O3/c1-4-22(3)32-30(35)28(19-24-11-7-6-8-12-24)33(20-25-13-9-10-14-27(25)31)29(34)21-36-26-17-15-23(5-2)16-18-26/h6-18,22,28H,4-5,19-21H2,1-3H3,(H,32,35)/t22-,28-/m1/s1. The van der Waals surface area contributed by atoms with E-state index in [1.165, 1.54) is 5.56 Å². The fraction of sp³-hybridized carbons (Fsp3) is 0.333. The summed E-state index contributed by atoms with van der Waals surface area (Å²) in [6.07, 6.45) is 2.10. The van der Waals surface area contributed by atoms with Crippen molar-refractivity contribution in [2.24, 2.45) is 0 Å². The molecule has 6 heteroatoms. The maximum absolute atomic E-state index is 13.6. The van der Waals surface area contributed by atoms with Gasteiger partial charge in [-0.25, -0.2) is 0 Å². The van der Waals surface area contributed by atoms with E-state index in [2.05, 4.69) is 12.2 Å². The van der Waals surface area contributed by atoms with Crippen LogP contribution in [-0.2, 0) is 29.0 Å². The summed E-state index contributed by atoms with van der Waals surface area (Å²) >= 11 is 6.46. The van der Waals surface area contributed by atoms with Gasteiger partial charge in [0, 0.05) is 24.0 Å². The summed E-state index contributed by atoms with van der Waals surface area (Å²) in [4.78, 5) is 28.7. The number of carbonyl (C=O) groups excluding carboxylic acids is 2. The van der Waals surface area contributed by atoms with Crippen LogP contribution >= 0.6 is 11.6 Å². The Bertz CT molecular complexity index is 1120. The maximum Gasteiger partial charge on any atom is 0.261 e. The largest absolute Gasteiger partial charge is 0.484 e. The van der Waals surface area contributed by atoms with Gasteiger partial charge in [-0.1, -0.05) is 86.1 Å². The first-order chi connectivity index (χ1) is 17.4. The van der Waals surface area contributed by atoms with Gasteiger partial charge >= 0.3 is 0 Å². The normalized spacial score (nSPS) is 12.4. The number of amides is 2. The van der Waals surface area contributed by atoms with Crippen LogP contribution in [0.4, 0.5) is 0 Å². The van der Waals surface area contributed by atoms with Gasteiger partial charge in [0.2, 0.25) is 5.91 Å². The second-order valence-corrected chi connectivity index (χ2v) is 9.33. The zero-order chi connectivity index (χ0) is 25.9. The molecule has 3 aromatic rings. The molecule has 0 fully saturated rings. The molecule has 0 bridgehead atoms. The van der Waals surface area contributed by atoms with Crippen molar-refractivity contribution < 1.29 is 14.3 Å². The predicted molar refractivity (Wildman–Crippen MR) is 145 cm³/mol. The van der Waals surface area contributed by atoms with Crippen LogP contribution in [0, 0.1) is 0 Å². The molecule has 2 amide bonds. The minimum Gasteiger partial charge on any atom is -0.484 e. The first kappa shape index (κ1) is 27.3. The summed E-state index contributed by atoms with van der Waals surface area (Å²) in [6, 6.07) is 24.1. The molecular weight excluding hydrogens is 472 g/mol. The highest BCUT2D eigenvalue weighted by Gasteiger charge is 2.31. The van der Waals surface area contributed by atoms with Gasteiger partial charge in [-0.3, -0.25) is 9.59 Å². The van der Waals surface area contributed by atoms with Crippen LogP contribution in [-0.4, -0.2) is 35.4 Å². The van der Waals surface area contributed by atoms with Crippen molar-refractivity contribution in [1.82, 2.24) is 10.2 Å². The molecule has 0 aromatic heterocycles. The summed E-state index contributed by atoms with van der Waals surface area (Å²) in [5, 5.41) is 3.61. The van der Waals surface area contributed by atoms with E-state index in [1.807, 2.05) is 86.6 Å². The molecular formula is C30H35ClN2O3. The van der Waals surface area contributed by atoms with Crippen molar-refractivity contribution in [3.63, 3.8) is 0 Å². The third-order valence-electron chi connectivity index (χ3n) is 6.26. The number of benzene rings is 3. The van der Waals surface area contributed by atoms with E-state index in [9.17, 15) is 9.59 Å². The molecule has 0 saturated carbocycles. The Balaban J connectivity index is 1.90. The quantitative estimate of drug-likeness (QED) is 0.336. The molecule has 36 heavy (non-hydrogen) atoms. The number of nitrogens with zero attached hydrogens (tertiary/aromatic N) is 1. The number of aryl methyl sites for hydroxylation is 1. The summed E-state index contributed by atoms with van der Waals surface area (Å²) in [5.41, 5.74) is 2.93. The number of hydrogen-bond donors (Lipinski definition) is 1. The van der Waals surface area contributed by atoms with E-state index in [0.717, 1.165) is 24.0 Å². The molecule has 3 rings (SSSR count). The van der Waals surface area contributed by atoms with Gasteiger partial charge in [-0.15, -0.1) is 0 Å². The molecule has 0 aliphatic carbocycles. The minimum absolute atomic E-state index is 0.0126. The van der Waals surface area contributed by atoms with Crippen LogP contribution < -0.4 is 10.1 Å². The van der Waals surface area contributed by atoms with Gasteiger partial charge in [-0.05, 0) is 54.7 Å². The van der Waals surface area contributed by atoms with Crippen LogP contribution in [0.3, 0.4) is 0 Å². The van der Waals surface area contributed by atoms with Crippen molar-refractivity contribution in [1.29, 1.82) is 0 Å². The van der Waals surface area contributed by atoms with E-state index in [0.29, 0.717) is 17.2 Å². The van der Waals surface area contributed by atoms with E-state index in [4.69, 9.17) is 16.3 Å². The summed E-state index contributed by atoms with van der Waals surface area (Å²) in [5.74, 6) is 0.137. The zero-order valence-electron chi connectivity index (χ0n) is 21.2. The molecule has 2 atom stereocenters. The predicted octanol–water partition coefficient (Wildman–Crippen LogP) is 5.84. The molecule has 0 spiro atoms. The molecule has 0 aliphatic heterocycles. The molecule has 190 valence electrons. The monoisotopic (exact) mass is 506 g/mol. The Morgan fingerprint density at radius 1 is 0.917 bits per heavy atom. The Kier molecular flexibility index (Phi) is 10.4. The average molecular weight is 507 g/mol. The summed E-state index contributed by atoms with van der Waals surface area (Å²) < 4.78 is 5.84. The lowest BCUT2D eigenvalue weighted by atomic mass is 10.0. The van der Waals surface area contributed by atoms with Crippen LogP contribution in [0.25, 0.3) is 0 Å². The maximum atomic E-state index is 13.6. The first-order valence-electron chi connectivity index (χ1n) is 12.5. The van der Waals surface area contributed by atoms with Crippen molar-refractivity contribution in [3.8, 4) is 5.75 Å². The third-order valence-corrected chi connectivity index (χ3v) is 6.63. The van der Waals surface area contributed by atoms with Crippen LogP contribution in [0.2, 0.25) is 5.02 Å². The zero-order valence-corrected chi connectivity index (χ0v) is 22.0. The van der Waals surface area contributed by atoms with Gasteiger partial charge in [0.25, 0.3) is 5.91 Å². The van der Waals surface area contributed by atoms with E-state index < -0.39 is 6.04 Å². The van der Waals surface area contributed by atoms with E-state index in [1.54, 1.807) is 11.0 Å². The SMILES string of the molecule is CCc1ccc(OCC(=O)N(Cc2ccccc2Cl)[C@H](Cc2ccccc2)C(=O)N[C@H](C)CC)cc1. The lowest BCUT2D eigenvalue weighted by Gasteiger charge is -2.32. The topological polar surface area (TPSA) is 58.6 Å². The molecule has 5 nitrogen and oxygen atoms in total. The highest BCUT2D eigenvalue weighted by Crippen LogP contribution is 2.21. The molecule has 3 aromatic carbocycles. The molecule has 0 aliphatic rings. The second kappa shape index (κ2) is 13.7. The third kappa shape index (κ3) is 7.85. The number of rotatable bonds is 12. The van der Waals surface area contributed by atoms with Crippen molar-refractivity contribution in [2.75, 3.05) is 6.61 Å². The Morgan fingerprint density at radius 3 is 2.22 bits per heavy atom.